The van der Waals surface area contributed by atoms with Gasteiger partial charge in [-0.25, -0.2) is 9.97 Å². The molecule has 0 radical (unpaired) electrons. The van der Waals surface area contributed by atoms with E-state index in [1.807, 2.05) is 0 Å². The Morgan fingerprint density at radius 2 is 1.69 bits per heavy atom. The van der Waals surface area contributed by atoms with Crippen molar-refractivity contribution in [1.82, 2.24) is 19.5 Å². The van der Waals surface area contributed by atoms with Crippen molar-refractivity contribution >= 4 is 29.1 Å². The molecule has 2 fully saturated rings. The number of esters is 3. The van der Waals surface area contributed by atoms with Crippen LogP contribution in [0.25, 0.3) is 11.2 Å². The molecule has 2 aromatic heterocycles. The molecular formula is C23H30N4O8. The summed E-state index contributed by atoms with van der Waals surface area (Å²) >= 11 is 0. The Kier molecular flexibility index (Phi) is 7.48. The van der Waals surface area contributed by atoms with Crippen molar-refractivity contribution < 1.29 is 38.1 Å². The summed E-state index contributed by atoms with van der Waals surface area (Å²) in [6.45, 7) is 3.59. The largest absolute Gasteiger partial charge is 0.479 e. The molecule has 0 aromatic carbocycles. The van der Waals surface area contributed by atoms with Crippen LogP contribution in [0.4, 0.5) is 0 Å². The van der Waals surface area contributed by atoms with Crippen LogP contribution in [0.3, 0.4) is 0 Å². The number of methoxy groups -OCH3 is 1. The predicted octanol–water partition coefficient (Wildman–Crippen LogP) is 2.21. The van der Waals surface area contributed by atoms with E-state index in [0.717, 1.165) is 32.1 Å². The fourth-order valence-corrected chi connectivity index (χ4v) is 4.85. The van der Waals surface area contributed by atoms with Gasteiger partial charge in [-0.2, -0.15) is 4.98 Å². The Morgan fingerprint density at radius 1 is 1.00 bits per heavy atom. The maximum atomic E-state index is 12.1. The maximum absolute atomic E-state index is 12.1. The molecule has 0 amide bonds. The van der Waals surface area contributed by atoms with Gasteiger partial charge in [0.15, 0.2) is 29.6 Å². The van der Waals surface area contributed by atoms with Gasteiger partial charge in [-0.15, -0.1) is 0 Å². The minimum absolute atomic E-state index is 0.115. The molecule has 1 unspecified atom stereocenters. The summed E-state index contributed by atoms with van der Waals surface area (Å²) in [5, 5.41) is 0. The quantitative estimate of drug-likeness (QED) is 0.416. The summed E-state index contributed by atoms with van der Waals surface area (Å²) in [5.74, 6) is -0.558. The number of fused-ring (bicyclic) bond motifs is 1. The van der Waals surface area contributed by atoms with E-state index in [1.54, 1.807) is 4.57 Å². The standard InChI is InChI=1S/C23H30N4O8/c1-12(28)32-10-16-18(33-13(2)29)19(34-14(3)30)23(35-16)27-20(15-8-6-5-7-9-15)26-17-21(27)24-11-25-22(17)31-4/h11,15-16,18-19,23H,5-10H2,1-4H3/t16-,18+,19-,23?/m0/s1. The first-order valence-corrected chi connectivity index (χ1v) is 11.7. The van der Waals surface area contributed by atoms with E-state index in [-0.39, 0.29) is 12.5 Å². The Labute approximate surface area is 202 Å². The molecule has 35 heavy (non-hydrogen) atoms. The number of carbonyl (C=O) groups is 3. The number of carbonyl (C=O) groups excluding carboxylic acids is 3. The van der Waals surface area contributed by atoms with Gasteiger partial charge < -0.3 is 23.7 Å². The zero-order valence-electron chi connectivity index (χ0n) is 20.3. The van der Waals surface area contributed by atoms with Crippen molar-refractivity contribution in [3.8, 4) is 5.88 Å². The summed E-state index contributed by atoms with van der Waals surface area (Å²) < 4.78 is 29.8. The highest BCUT2D eigenvalue weighted by atomic mass is 16.7. The molecule has 1 aliphatic heterocycles. The summed E-state index contributed by atoms with van der Waals surface area (Å²) in [4.78, 5) is 49.0. The molecule has 1 aliphatic carbocycles. The Balaban J connectivity index is 1.85. The lowest BCUT2D eigenvalue weighted by Gasteiger charge is -2.27. The summed E-state index contributed by atoms with van der Waals surface area (Å²) in [6, 6.07) is 0. The zero-order valence-corrected chi connectivity index (χ0v) is 20.3. The topological polar surface area (TPSA) is 141 Å². The molecule has 0 spiro atoms. The summed E-state index contributed by atoms with van der Waals surface area (Å²) in [6.07, 6.45) is 2.61. The van der Waals surface area contributed by atoms with Crippen LogP contribution >= 0.6 is 0 Å². The molecule has 2 aromatic rings. The number of aromatic nitrogens is 4. The van der Waals surface area contributed by atoms with Crippen LogP contribution in [0.1, 0.15) is 70.8 Å². The van der Waals surface area contributed by atoms with Gasteiger partial charge in [0.2, 0.25) is 5.88 Å². The summed E-state index contributed by atoms with van der Waals surface area (Å²) in [5.41, 5.74) is 0.891. The average Bonchev–Trinajstić information content (AvgIpc) is 3.36. The number of imidazole rings is 1. The molecule has 0 bridgehead atoms. The molecule has 12 nitrogen and oxygen atoms in total. The lowest BCUT2D eigenvalue weighted by molar-refractivity contribution is -0.166. The zero-order chi connectivity index (χ0) is 25.1. The molecule has 12 heteroatoms. The van der Waals surface area contributed by atoms with Crippen molar-refractivity contribution in [2.45, 2.75) is 83.3 Å². The van der Waals surface area contributed by atoms with E-state index in [4.69, 9.17) is 28.7 Å². The van der Waals surface area contributed by atoms with Crippen molar-refractivity contribution in [3.05, 3.63) is 12.2 Å². The van der Waals surface area contributed by atoms with E-state index in [1.165, 1.54) is 34.2 Å². The lowest BCUT2D eigenvalue weighted by Crippen LogP contribution is -2.40. The number of ether oxygens (including phenoxy) is 5. The second-order valence-corrected chi connectivity index (χ2v) is 8.75. The number of hydrogen-bond donors (Lipinski definition) is 0. The van der Waals surface area contributed by atoms with Crippen LogP contribution in [-0.2, 0) is 33.3 Å². The fraction of sp³-hybridized carbons (Fsp3) is 0.652. The van der Waals surface area contributed by atoms with Gasteiger partial charge in [0.25, 0.3) is 0 Å². The van der Waals surface area contributed by atoms with Crippen LogP contribution in [0.15, 0.2) is 6.33 Å². The van der Waals surface area contributed by atoms with Crippen molar-refractivity contribution in [1.29, 1.82) is 0 Å². The monoisotopic (exact) mass is 490 g/mol. The van der Waals surface area contributed by atoms with E-state index in [2.05, 4.69) is 9.97 Å². The predicted molar refractivity (Wildman–Crippen MR) is 119 cm³/mol. The number of hydrogen-bond acceptors (Lipinski definition) is 11. The third-order valence-corrected chi connectivity index (χ3v) is 6.23. The minimum atomic E-state index is -1.03. The Bertz CT molecular complexity index is 1100. The number of rotatable bonds is 7. The average molecular weight is 491 g/mol. The van der Waals surface area contributed by atoms with Crippen molar-refractivity contribution in [3.63, 3.8) is 0 Å². The van der Waals surface area contributed by atoms with Crippen LogP contribution < -0.4 is 4.74 Å². The molecule has 4 atom stereocenters. The Morgan fingerprint density at radius 3 is 2.31 bits per heavy atom. The SMILES string of the molecule is COc1ncnc2c1nc(C1CCCCC1)n2C1O[C@@H](COC(C)=O)[C@@H](OC(C)=O)[C@@H]1OC(C)=O. The first-order chi connectivity index (χ1) is 16.8. The van der Waals surface area contributed by atoms with Gasteiger partial charge in [-0.1, -0.05) is 19.3 Å². The normalized spacial score (nSPS) is 24.8. The van der Waals surface area contributed by atoms with Crippen molar-refractivity contribution in [2.75, 3.05) is 13.7 Å². The van der Waals surface area contributed by atoms with E-state index < -0.39 is 42.4 Å². The van der Waals surface area contributed by atoms with Gasteiger partial charge in [-0.05, 0) is 12.8 Å². The Hall–Kier alpha value is -3.28. The minimum Gasteiger partial charge on any atom is -0.479 e. The van der Waals surface area contributed by atoms with Gasteiger partial charge in [0.1, 0.15) is 24.9 Å². The van der Waals surface area contributed by atoms with Gasteiger partial charge >= 0.3 is 17.9 Å². The number of nitrogens with zero attached hydrogens (tertiary/aromatic N) is 4. The molecule has 190 valence electrons. The van der Waals surface area contributed by atoms with Crippen LogP contribution in [0.5, 0.6) is 5.88 Å². The second-order valence-electron chi connectivity index (χ2n) is 8.75. The molecule has 2 aliphatic rings. The van der Waals surface area contributed by atoms with Gasteiger partial charge in [0.05, 0.1) is 7.11 Å². The second kappa shape index (κ2) is 10.5. The third kappa shape index (κ3) is 5.21. The highest BCUT2D eigenvalue weighted by Crippen LogP contribution is 2.41. The highest BCUT2D eigenvalue weighted by Gasteiger charge is 2.52. The van der Waals surface area contributed by atoms with Crippen LogP contribution in [-0.4, -0.2) is 69.5 Å². The van der Waals surface area contributed by atoms with E-state index in [0.29, 0.717) is 22.9 Å². The maximum Gasteiger partial charge on any atom is 0.303 e. The summed E-state index contributed by atoms with van der Waals surface area (Å²) in [7, 11) is 1.50. The van der Waals surface area contributed by atoms with Gasteiger partial charge in [0, 0.05) is 26.7 Å². The molecule has 1 saturated carbocycles. The van der Waals surface area contributed by atoms with Crippen molar-refractivity contribution in [2.24, 2.45) is 0 Å². The van der Waals surface area contributed by atoms with E-state index >= 15 is 0 Å². The lowest BCUT2D eigenvalue weighted by atomic mass is 9.88. The van der Waals surface area contributed by atoms with Crippen LogP contribution in [0, 0.1) is 0 Å². The molecule has 1 saturated heterocycles. The smallest absolute Gasteiger partial charge is 0.303 e. The van der Waals surface area contributed by atoms with E-state index in [9.17, 15) is 14.4 Å². The van der Waals surface area contributed by atoms with Gasteiger partial charge in [-0.3, -0.25) is 19.0 Å². The third-order valence-electron chi connectivity index (χ3n) is 6.23. The molecule has 0 N–H and O–H groups in total. The molecular weight excluding hydrogens is 460 g/mol. The highest BCUT2D eigenvalue weighted by molar-refractivity contribution is 5.77. The fourth-order valence-electron chi connectivity index (χ4n) is 4.85. The first-order valence-electron chi connectivity index (χ1n) is 11.7. The molecule has 4 rings (SSSR count). The molecule has 3 heterocycles. The first kappa shape index (κ1) is 24.8. The van der Waals surface area contributed by atoms with Crippen LogP contribution in [0.2, 0.25) is 0 Å².